The molecule has 0 aromatic heterocycles. The third kappa shape index (κ3) is 51.8. The highest BCUT2D eigenvalue weighted by Gasteiger charge is 2.18. The van der Waals surface area contributed by atoms with E-state index in [1.807, 2.05) is 6.08 Å². The maximum Gasteiger partial charge on any atom is 0.305 e. The third-order valence-corrected chi connectivity index (χ3v) is 13.8. The summed E-state index contributed by atoms with van der Waals surface area (Å²) in [5.41, 5.74) is 0. The average Bonchev–Trinajstić information content (AvgIpc) is 3.31. The molecule has 2 unspecified atom stereocenters. The van der Waals surface area contributed by atoms with Crippen molar-refractivity contribution in [2.24, 2.45) is 0 Å². The fraction of sp³-hybridized carbons (Fsp3) is 0.932. The van der Waals surface area contributed by atoms with Crippen LogP contribution in [0.4, 0.5) is 0 Å². The predicted octanol–water partition coefficient (Wildman–Crippen LogP) is 18.1. The second kappa shape index (κ2) is 55.2. The highest BCUT2D eigenvalue weighted by Crippen LogP contribution is 2.18. The lowest BCUT2D eigenvalue weighted by Gasteiger charge is -2.20. The van der Waals surface area contributed by atoms with Crippen LogP contribution in [-0.2, 0) is 14.3 Å². The molecule has 0 aromatic carbocycles. The van der Waals surface area contributed by atoms with E-state index >= 15 is 0 Å². The molecule has 0 aromatic rings. The quantitative estimate of drug-likeness (QED) is 0.0321. The molecule has 6 heteroatoms. The van der Waals surface area contributed by atoms with Crippen LogP contribution in [0.15, 0.2) is 12.2 Å². The fourth-order valence-electron chi connectivity index (χ4n) is 9.28. The molecule has 2 atom stereocenters. The number of esters is 1. The Morgan fingerprint density at radius 2 is 0.708 bits per heavy atom. The van der Waals surface area contributed by atoms with Crippen LogP contribution in [0.1, 0.15) is 328 Å². The van der Waals surface area contributed by atoms with Crippen LogP contribution in [0.3, 0.4) is 0 Å². The summed E-state index contributed by atoms with van der Waals surface area (Å²) < 4.78 is 5.50. The number of carbonyl (C=O) groups excluding carboxylic acids is 2. The summed E-state index contributed by atoms with van der Waals surface area (Å²) in [5, 5.41) is 22.9. The Morgan fingerprint density at radius 3 is 1.05 bits per heavy atom. The first kappa shape index (κ1) is 63.6. The van der Waals surface area contributed by atoms with Gasteiger partial charge in [0.05, 0.1) is 25.4 Å². The Balaban J connectivity index is 3.34. The minimum absolute atomic E-state index is 0.0149. The number of hydrogen-bond donors (Lipinski definition) is 3. The average molecular weight is 919 g/mol. The summed E-state index contributed by atoms with van der Waals surface area (Å²) in [5.74, 6) is -0.0564. The van der Waals surface area contributed by atoms with Crippen molar-refractivity contribution in [3.05, 3.63) is 12.2 Å². The van der Waals surface area contributed by atoms with Gasteiger partial charge in [0.2, 0.25) is 5.91 Å². The number of hydrogen-bond acceptors (Lipinski definition) is 5. The van der Waals surface area contributed by atoms with Crippen molar-refractivity contribution in [2.45, 2.75) is 341 Å². The first-order valence-electron chi connectivity index (χ1n) is 29.5. The number of amides is 1. The number of unbranched alkanes of at least 4 members (excludes halogenated alkanes) is 44. The van der Waals surface area contributed by atoms with Gasteiger partial charge in [-0.2, -0.15) is 0 Å². The maximum atomic E-state index is 12.4. The normalized spacial score (nSPS) is 12.6. The second-order valence-electron chi connectivity index (χ2n) is 20.3. The lowest BCUT2D eigenvalue weighted by molar-refractivity contribution is -0.143. The standard InChI is InChI=1S/C59H115NO5/c1-3-5-7-9-11-13-14-15-16-17-20-24-27-30-33-37-41-45-49-53-59(64)65-54-50-46-42-38-34-31-28-25-22-19-18-21-23-26-29-32-36-40-44-48-52-58(63)60-56(55-61)57(62)51-47-43-39-35-12-10-8-6-4-2/h47,51,56-57,61-62H,3-46,48-50,52-55H2,1-2H3,(H,60,63)/b51-47+. The smallest absolute Gasteiger partial charge is 0.305 e. The molecule has 0 aliphatic carbocycles. The van der Waals surface area contributed by atoms with Gasteiger partial charge in [-0.25, -0.2) is 0 Å². The van der Waals surface area contributed by atoms with Crippen LogP contribution in [0, 0.1) is 0 Å². The van der Waals surface area contributed by atoms with Crippen molar-refractivity contribution in [3.8, 4) is 0 Å². The van der Waals surface area contributed by atoms with E-state index in [1.54, 1.807) is 6.08 Å². The molecular weight excluding hydrogens is 803 g/mol. The van der Waals surface area contributed by atoms with Crippen molar-refractivity contribution in [1.29, 1.82) is 0 Å². The summed E-state index contributed by atoms with van der Waals surface area (Å²) in [4.78, 5) is 24.5. The molecule has 0 rings (SSSR count). The Bertz CT molecular complexity index is 970. The maximum absolute atomic E-state index is 12.4. The van der Waals surface area contributed by atoms with Gasteiger partial charge in [0.25, 0.3) is 0 Å². The number of ether oxygens (including phenoxy) is 1. The highest BCUT2D eigenvalue weighted by atomic mass is 16.5. The topological polar surface area (TPSA) is 95.9 Å². The molecule has 0 aliphatic rings. The summed E-state index contributed by atoms with van der Waals surface area (Å²) in [6.07, 6.45) is 65.4. The van der Waals surface area contributed by atoms with Crippen molar-refractivity contribution < 1.29 is 24.5 Å². The van der Waals surface area contributed by atoms with Crippen LogP contribution in [0.5, 0.6) is 0 Å². The van der Waals surface area contributed by atoms with Gasteiger partial charge >= 0.3 is 5.97 Å². The summed E-state index contributed by atoms with van der Waals surface area (Å²) >= 11 is 0. The van der Waals surface area contributed by atoms with Gasteiger partial charge in [-0.05, 0) is 32.1 Å². The van der Waals surface area contributed by atoms with E-state index in [1.165, 1.54) is 263 Å². The molecule has 0 saturated carbocycles. The number of aliphatic hydroxyl groups excluding tert-OH is 2. The fourth-order valence-corrected chi connectivity index (χ4v) is 9.28. The van der Waals surface area contributed by atoms with E-state index in [9.17, 15) is 19.8 Å². The molecule has 0 bridgehead atoms. The van der Waals surface area contributed by atoms with Gasteiger partial charge in [-0.3, -0.25) is 9.59 Å². The highest BCUT2D eigenvalue weighted by molar-refractivity contribution is 5.76. The number of rotatable bonds is 55. The van der Waals surface area contributed by atoms with Crippen molar-refractivity contribution in [1.82, 2.24) is 5.32 Å². The molecule has 0 aliphatic heterocycles. The molecule has 0 fully saturated rings. The molecular formula is C59H115NO5. The number of allylic oxidation sites excluding steroid dienone is 1. The first-order chi connectivity index (χ1) is 32.0. The van der Waals surface area contributed by atoms with Crippen LogP contribution < -0.4 is 5.32 Å². The van der Waals surface area contributed by atoms with Gasteiger partial charge in [0, 0.05) is 12.8 Å². The van der Waals surface area contributed by atoms with Gasteiger partial charge < -0.3 is 20.3 Å². The van der Waals surface area contributed by atoms with E-state index in [2.05, 4.69) is 19.2 Å². The zero-order valence-corrected chi connectivity index (χ0v) is 44.0. The molecule has 0 radical (unpaired) electrons. The van der Waals surface area contributed by atoms with Crippen LogP contribution >= 0.6 is 0 Å². The van der Waals surface area contributed by atoms with Crippen molar-refractivity contribution in [3.63, 3.8) is 0 Å². The molecule has 3 N–H and O–H groups in total. The number of nitrogens with one attached hydrogen (secondary N) is 1. The molecule has 0 heterocycles. The number of aliphatic hydroxyl groups is 2. The predicted molar refractivity (Wildman–Crippen MR) is 283 cm³/mol. The molecule has 6 nitrogen and oxygen atoms in total. The molecule has 1 amide bonds. The number of carbonyl (C=O) groups is 2. The van der Waals surface area contributed by atoms with Gasteiger partial charge in [-0.1, -0.05) is 296 Å². The van der Waals surface area contributed by atoms with Crippen LogP contribution in [0.25, 0.3) is 0 Å². The van der Waals surface area contributed by atoms with Gasteiger partial charge in [0.1, 0.15) is 0 Å². The largest absolute Gasteiger partial charge is 0.466 e. The molecule has 65 heavy (non-hydrogen) atoms. The summed E-state index contributed by atoms with van der Waals surface area (Å²) in [6.45, 7) is 4.89. The Hall–Kier alpha value is -1.40. The third-order valence-electron chi connectivity index (χ3n) is 13.8. The Morgan fingerprint density at radius 1 is 0.415 bits per heavy atom. The van der Waals surface area contributed by atoms with E-state index in [0.717, 1.165) is 38.5 Å². The van der Waals surface area contributed by atoms with E-state index < -0.39 is 12.1 Å². The van der Waals surface area contributed by atoms with Gasteiger partial charge in [-0.15, -0.1) is 0 Å². The van der Waals surface area contributed by atoms with Gasteiger partial charge in [0.15, 0.2) is 0 Å². The Kier molecular flexibility index (Phi) is 54.0. The molecule has 386 valence electrons. The monoisotopic (exact) mass is 918 g/mol. The first-order valence-corrected chi connectivity index (χ1v) is 29.5. The van der Waals surface area contributed by atoms with Crippen molar-refractivity contribution in [2.75, 3.05) is 13.2 Å². The molecule has 0 saturated heterocycles. The Labute approximate surface area is 406 Å². The van der Waals surface area contributed by atoms with Crippen LogP contribution in [0.2, 0.25) is 0 Å². The molecule has 0 spiro atoms. The second-order valence-corrected chi connectivity index (χ2v) is 20.3. The lowest BCUT2D eigenvalue weighted by atomic mass is 10.0. The summed E-state index contributed by atoms with van der Waals surface area (Å²) in [6, 6.07) is -0.626. The minimum Gasteiger partial charge on any atom is -0.466 e. The lowest BCUT2D eigenvalue weighted by Crippen LogP contribution is -2.45. The van der Waals surface area contributed by atoms with E-state index in [-0.39, 0.29) is 18.5 Å². The zero-order chi connectivity index (χ0) is 47.2. The zero-order valence-electron chi connectivity index (χ0n) is 44.0. The SMILES string of the molecule is CCCCCCCCC/C=C/C(O)C(CO)NC(=O)CCCCCCCCCCCCCCCCCCCCCCOC(=O)CCCCCCCCCCCCCCCCCCCCC. The summed E-state index contributed by atoms with van der Waals surface area (Å²) in [7, 11) is 0. The minimum atomic E-state index is -0.842. The van der Waals surface area contributed by atoms with Crippen molar-refractivity contribution >= 4 is 11.9 Å². The van der Waals surface area contributed by atoms with E-state index in [4.69, 9.17) is 4.74 Å². The van der Waals surface area contributed by atoms with Crippen LogP contribution in [-0.4, -0.2) is 47.4 Å². The van der Waals surface area contributed by atoms with E-state index in [0.29, 0.717) is 19.4 Å².